The molecule has 1 N–H and O–H groups in total. The van der Waals surface area contributed by atoms with Crippen molar-refractivity contribution >= 4 is 11.8 Å². The molecule has 0 unspecified atom stereocenters. The molecule has 0 aliphatic heterocycles. The first kappa shape index (κ1) is 16.2. The Morgan fingerprint density at radius 2 is 1.70 bits per heavy atom. The fourth-order valence-corrected chi connectivity index (χ4v) is 1.93. The highest BCUT2D eigenvalue weighted by Gasteiger charge is 2.25. The Bertz CT molecular complexity index is 472. The Balaban J connectivity index is 2.54. The predicted molar refractivity (Wildman–Crippen MR) is 80.2 cm³/mol. The van der Waals surface area contributed by atoms with Gasteiger partial charge in [0, 0.05) is 19.0 Å². The molecular formula is C16H24N2O2. The maximum atomic E-state index is 11.9. The average Bonchev–Trinajstić information content (AvgIpc) is 2.33. The number of aryl methyl sites for hydroxylation is 1. The topological polar surface area (TPSA) is 49.4 Å². The molecule has 20 heavy (non-hydrogen) atoms. The van der Waals surface area contributed by atoms with Crippen molar-refractivity contribution in [3.8, 4) is 0 Å². The number of carbonyl (C=O) groups is 2. The lowest BCUT2D eigenvalue weighted by atomic mass is 10.1. The molecule has 110 valence electrons. The van der Waals surface area contributed by atoms with E-state index < -0.39 is 0 Å². The van der Waals surface area contributed by atoms with E-state index >= 15 is 0 Å². The van der Waals surface area contributed by atoms with Crippen molar-refractivity contribution in [3.05, 3.63) is 35.4 Å². The zero-order valence-electron chi connectivity index (χ0n) is 13.0. The van der Waals surface area contributed by atoms with Gasteiger partial charge in [-0.1, -0.05) is 29.8 Å². The second-order valence-corrected chi connectivity index (χ2v) is 6.04. The SMILES string of the molecule is CC(=O)N(CC(=O)NCc1ccc(C)cc1)C(C)(C)C. The fourth-order valence-electron chi connectivity index (χ4n) is 1.93. The number of carbonyl (C=O) groups excluding carboxylic acids is 2. The third kappa shape index (κ3) is 5.03. The van der Waals surface area contributed by atoms with Crippen molar-refractivity contribution < 1.29 is 9.59 Å². The van der Waals surface area contributed by atoms with Crippen molar-refractivity contribution in [3.63, 3.8) is 0 Å². The summed E-state index contributed by atoms with van der Waals surface area (Å²) < 4.78 is 0. The van der Waals surface area contributed by atoms with Crippen LogP contribution in [-0.2, 0) is 16.1 Å². The van der Waals surface area contributed by atoms with Gasteiger partial charge < -0.3 is 10.2 Å². The van der Waals surface area contributed by atoms with Crippen molar-refractivity contribution in [1.82, 2.24) is 10.2 Å². The number of rotatable bonds is 4. The summed E-state index contributed by atoms with van der Waals surface area (Å²) in [6.45, 7) is 9.83. The van der Waals surface area contributed by atoms with E-state index in [0.717, 1.165) is 5.56 Å². The molecule has 4 heteroatoms. The number of amides is 2. The van der Waals surface area contributed by atoms with Crippen molar-refractivity contribution in [2.24, 2.45) is 0 Å². The van der Waals surface area contributed by atoms with Crippen LogP contribution in [-0.4, -0.2) is 28.8 Å². The number of benzene rings is 1. The van der Waals surface area contributed by atoms with Gasteiger partial charge >= 0.3 is 0 Å². The van der Waals surface area contributed by atoms with Crippen molar-refractivity contribution in [2.75, 3.05) is 6.54 Å². The van der Waals surface area contributed by atoms with Crippen LogP contribution < -0.4 is 5.32 Å². The lowest BCUT2D eigenvalue weighted by molar-refractivity contribution is -0.139. The summed E-state index contributed by atoms with van der Waals surface area (Å²) in [5, 5.41) is 2.84. The van der Waals surface area contributed by atoms with Crippen LogP contribution in [0.25, 0.3) is 0 Å². The Labute approximate surface area is 121 Å². The van der Waals surface area contributed by atoms with Gasteiger partial charge in [-0.05, 0) is 33.3 Å². The molecule has 0 fully saturated rings. The van der Waals surface area contributed by atoms with Crippen LogP contribution in [0, 0.1) is 6.92 Å². The summed E-state index contributed by atoms with van der Waals surface area (Å²) in [5.74, 6) is -0.237. The Morgan fingerprint density at radius 3 is 2.15 bits per heavy atom. The zero-order valence-corrected chi connectivity index (χ0v) is 13.0. The maximum Gasteiger partial charge on any atom is 0.239 e. The van der Waals surface area contributed by atoms with Gasteiger partial charge in [0.05, 0.1) is 0 Å². The number of hydrogen-bond acceptors (Lipinski definition) is 2. The summed E-state index contributed by atoms with van der Waals surface area (Å²) in [6, 6.07) is 8.00. The number of nitrogens with one attached hydrogen (secondary N) is 1. The van der Waals surface area contributed by atoms with Crippen molar-refractivity contribution in [2.45, 2.75) is 46.7 Å². The van der Waals surface area contributed by atoms with E-state index in [2.05, 4.69) is 5.32 Å². The van der Waals surface area contributed by atoms with E-state index in [9.17, 15) is 9.59 Å². The van der Waals surface area contributed by atoms with Gasteiger partial charge in [0.1, 0.15) is 6.54 Å². The Hall–Kier alpha value is -1.84. The van der Waals surface area contributed by atoms with Gasteiger partial charge in [-0.3, -0.25) is 9.59 Å². The molecule has 0 aliphatic carbocycles. The Morgan fingerprint density at radius 1 is 1.15 bits per heavy atom. The molecule has 0 heterocycles. The minimum absolute atomic E-state index is 0.0880. The van der Waals surface area contributed by atoms with E-state index in [4.69, 9.17) is 0 Å². The molecule has 0 saturated carbocycles. The van der Waals surface area contributed by atoms with Crippen LogP contribution >= 0.6 is 0 Å². The lowest BCUT2D eigenvalue weighted by Gasteiger charge is -2.34. The summed E-state index contributed by atoms with van der Waals surface area (Å²) in [5.41, 5.74) is 1.89. The van der Waals surface area contributed by atoms with Crippen LogP contribution in [0.4, 0.5) is 0 Å². The molecular weight excluding hydrogens is 252 g/mol. The normalized spacial score (nSPS) is 11.1. The van der Waals surface area contributed by atoms with Gasteiger partial charge in [0.2, 0.25) is 11.8 Å². The Kier molecular flexibility index (Phi) is 5.31. The molecule has 0 radical (unpaired) electrons. The number of hydrogen-bond donors (Lipinski definition) is 1. The fraction of sp³-hybridized carbons (Fsp3) is 0.500. The molecule has 0 aliphatic rings. The minimum Gasteiger partial charge on any atom is -0.350 e. The molecule has 1 aromatic rings. The minimum atomic E-state index is -0.354. The van der Waals surface area contributed by atoms with E-state index in [0.29, 0.717) is 6.54 Å². The van der Waals surface area contributed by atoms with Crippen LogP contribution in [0.5, 0.6) is 0 Å². The van der Waals surface area contributed by atoms with E-state index in [-0.39, 0.29) is 23.9 Å². The first-order valence-electron chi connectivity index (χ1n) is 6.80. The standard InChI is InChI=1S/C16H24N2O2/c1-12-6-8-14(9-7-12)10-17-15(20)11-18(13(2)19)16(3,4)5/h6-9H,10-11H2,1-5H3,(H,17,20). The summed E-state index contributed by atoms with van der Waals surface area (Å²) in [4.78, 5) is 25.1. The first-order valence-corrected chi connectivity index (χ1v) is 6.80. The van der Waals surface area contributed by atoms with Crippen LogP contribution in [0.2, 0.25) is 0 Å². The first-order chi connectivity index (χ1) is 9.20. The molecule has 0 spiro atoms. The van der Waals surface area contributed by atoms with Crippen molar-refractivity contribution in [1.29, 1.82) is 0 Å². The highest BCUT2D eigenvalue weighted by Crippen LogP contribution is 2.12. The summed E-state index contributed by atoms with van der Waals surface area (Å²) in [6.07, 6.45) is 0. The highest BCUT2D eigenvalue weighted by molar-refractivity contribution is 5.84. The predicted octanol–water partition coefficient (Wildman–Crippen LogP) is 2.26. The third-order valence-corrected chi connectivity index (χ3v) is 3.10. The van der Waals surface area contributed by atoms with E-state index in [1.165, 1.54) is 12.5 Å². The van der Waals surface area contributed by atoms with Crippen LogP contribution in [0.15, 0.2) is 24.3 Å². The average molecular weight is 276 g/mol. The zero-order chi connectivity index (χ0) is 15.3. The van der Waals surface area contributed by atoms with E-state index in [1.807, 2.05) is 52.0 Å². The van der Waals surface area contributed by atoms with Gasteiger partial charge in [0.15, 0.2) is 0 Å². The number of nitrogens with zero attached hydrogens (tertiary/aromatic N) is 1. The van der Waals surface area contributed by atoms with Gasteiger partial charge in [-0.2, -0.15) is 0 Å². The second-order valence-electron chi connectivity index (χ2n) is 6.04. The molecule has 0 aromatic heterocycles. The van der Waals surface area contributed by atoms with Gasteiger partial charge in [0.25, 0.3) is 0 Å². The van der Waals surface area contributed by atoms with Crippen LogP contribution in [0.1, 0.15) is 38.8 Å². The van der Waals surface area contributed by atoms with E-state index in [1.54, 1.807) is 4.90 Å². The van der Waals surface area contributed by atoms with Gasteiger partial charge in [-0.25, -0.2) is 0 Å². The molecule has 0 atom stereocenters. The van der Waals surface area contributed by atoms with Gasteiger partial charge in [-0.15, -0.1) is 0 Å². The quantitative estimate of drug-likeness (QED) is 0.917. The molecule has 0 saturated heterocycles. The summed E-state index contributed by atoms with van der Waals surface area (Å²) in [7, 11) is 0. The van der Waals surface area contributed by atoms with Crippen LogP contribution in [0.3, 0.4) is 0 Å². The largest absolute Gasteiger partial charge is 0.350 e. The summed E-state index contributed by atoms with van der Waals surface area (Å²) >= 11 is 0. The molecule has 0 bridgehead atoms. The molecule has 2 amide bonds. The molecule has 4 nitrogen and oxygen atoms in total. The lowest BCUT2D eigenvalue weighted by Crippen LogP contribution is -2.49. The second kappa shape index (κ2) is 6.55. The smallest absolute Gasteiger partial charge is 0.239 e. The molecule has 1 rings (SSSR count). The molecule has 1 aromatic carbocycles. The third-order valence-electron chi connectivity index (χ3n) is 3.10. The monoisotopic (exact) mass is 276 g/mol. The maximum absolute atomic E-state index is 11.9. The highest BCUT2D eigenvalue weighted by atomic mass is 16.2.